The maximum Gasteiger partial charge on any atom is 0.407 e. The van der Waals surface area contributed by atoms with Crippen molar-refractivity contribution in [2.45, 2.75) is 104 Å². The molecular weight excluding hydrogens is 580 g/mol. The van der Waals surface area contributed by atoms with Crippen LogP contribution in [0.15, 0.2) is 0 Å². The fourth-order valence-electron chi connectivity index (χ4n) is 4.04. The first-order valence-electron chi connectivity index (χ1n) is 16.0. The van der Waals surface area contributed by atoms with Crippen molar-refractivity contribution in [1.82, 2.24) is 26.6 Å². The van der Waals surface area contributed by atoms with Crippen molar-refractivity contribution in [3.8, 4) is 12.3 Å². The number of hydrogen-bond acceptors (Lipinski definition) is 7. The molecule has 5 N–H and O–H groups in total. The van der Waals surface area contributed by atoms with E-state index in [0.717, 1.165) is 32.1 Å². The first-order chi connectivity index (χ1) is 20.9. The number of ether oxygens (including phenoxy) is 2. The molecule has 5 amide bonds. The molecule has 0 aliphatic heterocycles. The Balaban J connectivity index is 4.76. The lowest BCUT2D eigenvalue weighted by Gasteiger charge is -2.34. The summed E-state index contributed by atoms with van der Waals surface area (Å²) >= 11 is 0. The Labute approximate surface area is 270 Å². The summed E-state index contributed by atoms with van der Waals surface area (Å²) in [5.74, 6) is 2.23. The van der Waals surface area contributed by atoms with Crippen molar-refractivity contribution < 1.29 is 37.9 Å². The molecule has 258 valence electrons. The van der Waals surface area contributed by atoms with E-state index in [1.54, 1.807) is 41.5 Å². The maximum atomic E-state index is 12.5. The Morgan fingerprint density at radius 3 is 1.42 bits per heavy atom. The van der Waals surface area contributed by atoms with Crippen LogP contribution in [0.1, 0.15) is 92.9 Å². The second-order valence-corrected chi connectivity index (χ2v) is 13.3. The van der Waals surface area contributed by atoms with Crippen LogP contribution in [0.25, 0.3) is 0 Å². The third kappa shape index (κ3) is 26.6. The van der Waals surface area contributed by atoms with Gasteiger partial charge in [0.2, 0.25) is 17.7 Å². The van der Waals surface area contributed by atoms with Crippen LogP contribution in [-0.2, 0) is 23.9 Å². The van der Waals surface area contributed by atoms with E-state index in [9.17, 15) is 24.0 Å². The van der Waals surface area contributed by atoms with Gasteiger partial charge in [0.05, 0.1) is 46.1 Å². The Bertz CT molecular complexity index is 915. The molecule has 13 nitrogen and oxygen atoms in total. The molecule has 45 heavy (non-hydrogen) atoms. The predicted molar refractivity (Wildman–Crippen MR) is 174 cm³/mol. The summed E-state index contributed by atoms with van der Waals surface area (Å²) in [5, 5.41) is 13.7. The van der Waals surface area contributed by atoms with E-state index in [4.69, 9.17) is 15.9 Å². The fourth-order valence-corrected chi connectivity index (χ4v) is 4.04. The first-order valence-corrected chi connectivity index (χ1v) is 16.0. The van der Waals surface area contributed by atoms with Crippen molar-refractivity contribution in [3.05, 3.63) is 0 Å². The second-order valence-electron chi connectivity index (χ2n) is 13.3. The minimum Gasteiger partial charge on any atom is -0.444 e. The molecule has 0 rings (SSSR count). The van der Waals surface area contributed by atoms with E-state index >= 15 is 0 Å². The average molecular weight is 640 g/mol. The predicted octanol–water partition coefficient (Wildman–Crippen LogP) is 2.59. The monoisotopic (exact) mass is 639 g/mol. The number of nitrogens with one attached hydrogen (secondary N) is 5. The number of amides is 5. The summed E-state index contributed by atoms with van der Waals surface area (Å²) < 4.78 is 10.7. The van der Waals surface area contributed by atoms with Crippen LogP contribution in [0.5, 0.6) is 0 Å². The number of hydrogen-bond donors (Lipinski definition) is 5. The molecule has 0 aliphatic rings. The number of quaternary nitrogens is 1. The number of rotatable bonds is 21. The van der Waals surface area contributed by atoms with Gasteiger partial charge in [-0.3, -0.25) is 14.4 Å². The number of carbonyl (C=O) groups is 5. The molecule has 0 atom stereocenters. The van der Waals surface area contributed by atoms with Gasteiger partial charge in [-0.05, 0) is 54.4 Å². The molecule has 0 heterocycles. The van der Waals surface area contributed by atoms with Crippen molar-refractivity contribution in [2.24, 2.45) is 0 Å². The third-order valence-electron chi connectivity index (χ3n) is 6.44. The minimum absolute atomic E-state index is 0.0241. The highest BCUT2D eigenvalue weighted by atomic mass is 16.6. The van der Waals surface area contributed by atoms with Crippen LogP contribution in [-0.4, -0.2) is 105 Å². The van der Waals surface area contributed by atoms with Gasteiger partial charge in [-0.2, -0.15) is 0 Å². The smallest absolute Gasteiger partial charge is 0.407 e. The summed E-state index contributed by atoms with van der Waals surface area (Å²) in [7, 11) is 1.95. The largest absolute Gasteiger partial charge is 0.444 e. The molecule has 0 aromatic heterocycles. The molecule has 0 aromatic carbocycles. The zero-order valence-corrected chi connectivity index (χ0v) is 28.7. The molecule has 0 spiro atoms. The van der Waals surface area contributed by atoms with Gasteiger partial charge >= 0.3 is 12.2 Å². The highest BCUT2D eigenvalue weighted by Crippen LogP contribution is 2.09. The van der Waals surface area contributed by atoms with E-state index in [0.29, 0.717) is 37.1 Å². The lowest BCUT2D eigenvalue weighted by Crippen LogP contribution is -2.52. The quantitative estimate of drug-likeness (QED) is 0.0732. The van der Waals surface area contributed by atoms with Gasteiger partial charge in [-0.25, -0.2) is 9.59 Å². The van der Waals surface area contributed by atoms with Crippen molar-refractivity contribution >= 4 is 29.9 Å². The molecule has 0 saturated heterocycles. The van der Waals surface area contributed by atoms with Crippen LogP contribution in [0.3, 0.4) is 0 Å². The Kier molecular flexibility index (Phi) is 20.3. The fraction of sp³-hybridized carbons (Fsp3) is 0.781. The molecular formula is C32H59N6O7+. The van der Waals surface area contributed by atoms with Crippen molar-refractivity contribution in [1.29, 1.82) is 0 Å². The third-order valence-corrected chi connectivity index (χ3v) is 6.44. The summed E-state index contributed by atoms with van der Waals surface area (Å²) in [6.07, 6.45) is 9.50. The summed E-state index contributed by atoms with van der Waals surface area (Å²) in [6.45, 7) is 13.4. The molecule has 0 bridgehead atoms. The van der Waals surface area contributed by atoms with E-state index in [1.807, 2.05) is 7.05 Å². The number of unbranched alkanes of at least 4 members (excludes halogenated alkanes) is 4. The molecule has 0 fully saturated rings. The zero-order valence-electron chi connectivity index (χ0n) is 28.7. The maximum absolute atomic E-state index is 12.5. The van der Waals surface area contributed by atoms with Crippen LogP contribution < -0.4 is 26.6 Å². The molecule has 13 heteroatoms. The molecule has 0 aromatic rings. The van der Waals surface area contributed by atoms with Gasteiger partial charge < -0.3 is 40.5 Å². The normalized spacial score (nSPS) is 11.5. The van der Waals surface area contributed by atoms with Gasteiger partial charge in [0.1, 0.15) is 11.2 Å². The van der Waals surface area contributed by atoms with Gasteiger partial charge in [0.15, 0.2) is 0 Å². The number of nitrogens with zero attached hydrogens (tertiary/aromatic N) is 1. The van der Waals surface area contributed by atoms with Gasteiger partial charge in [0.25, 0.3) is 0 Å². The van der Waals surface area contributed by atoms with Gasteiger partial charge in [-0.1, -0.05) is 12.8 Å². The number of carbonyl (C=O) groups excluding carboxylic acids is 5. The van der Waals surface area contributed by atoms with Crippen LogP contribution in [0, 0.1) is 12.3 Å². The van der Waals surface area contributed by atoms with E-state index in [1.165, 1.54) is 0 Å². The van der Waals surface area contributed by atoms with Crippen molar-refractivity contribution in [2.75, 3.05) is 59.4 Å². The summed E-state index contributed by atoms with van der Waals surface area (Å²) in [4.78, 5) is 61.0. The number of terminal acetylenes is 1. The highest BCUT2D eigenvalue weighted by molar-refractivity contribution is 5.77. The van der Waals surface area contributed by atoms with Crippen LogP contribution in [0.4, 0.5) is 9.59 Å². The van der Waals surface area contributed by atoms with Gasteiger partial charge in [-0.15, -0.1) is 12.3 Å². The van der Waals surface area contributed by atoms with Crippen molar-refractivity contribution in [3.63, 3.8) is 0 Å². The van der Waals surface area contributed by atoms with E-state index in [-0.39, 0.29) is 56.7 Å². The Hall–Kier alpha value is -3.53. The summed E-state index contributed by atoms with van der Waals surface area (Å²) in [6, 6.07) is 0. The Morgan fingerprint density at radius 1 is 0.578 bits per heavy atom. The molecule has 0 radical (unpaired) electrons. The Morgan fingerprint density at radius 2 is 0.978 bits per heavy atom. The number of alkyl carbamates (subject to hydrolysis) is 2. The molecule has 0 aliphatic carbocycles. The lowest BCUT2D eigenvalue weighted by molar-refractivity contribution is -0.907. The average Bonchev–Trinajstić information content (AvgIpc) is 2.91. The first kappa shape index (κ1) is 41.5. The van der Waals surface area contributed by atoms with Crippen LogP contribution in [0.2, 0.25) is 0 Å². The zero-order chi connectivity index (χ0) is 34.4. The molecule has 0 saturated carbocycles. The molecule has 0 unspecified atom stereocenters. The number of likely N-dealkylation sites (N-methyl/N-ethyl adjacent to an activating group) is 1. The van der Waals surface area contributed by atoms with Crippen LogP contribution >= 0.6 is 0 Å². The van der Waals surface area contributed by atoms with Gasteiger partial charge in [0, 0.05) is 39.0 Å². The SMILES string of the molecule is C#CCCCCCCC(=O)NCC[N+](C)(CCC(=O)NCCNC(=O)OC(C)(C)C)CCC(=O)NCCNC(=O)OC(C)(C)C. The standard InChI is InChI=1S/C32H58N6O7/c1-9-10-11-12-13-14-15-26(39)35-22-25-38(8,23-16-27(40)33-18-20-36-29(42)44-31(2,3)4)24-17-28(41)34-19-21-37-30(43)45-32(5,6)7/h1H,10-25H2,2-8H3,(H4-,33,34,35,36,37,39,40,41,42,43)/p+1. The summed E-state index contributed by atoms with van der Waals surface area (Å²) in [5.41, 5.74) is -1.21. The lowest BCUT2D eigenvalue weighted by atomic mass is 10.1. The topological polar surface area (TPSA) is 164 Å². The van der Waals surface area contributed by atoms with E-state index < -0.39 is 23.4 Å². The highest BCUT2D eigenvalue weighted by Gasteiger charge is 2.24. The minimum atomic E-state index is -0.606. The van der Waals surface area contributed by atoms with E-state index in [2.05, 4.69) is 32.5 Å². The second kappa shape index (κ2) is 22.1.